The molecule has 0 spiro atoms. The molecule has 1 saturated heterocycles. The fourth-order valence-corrected chi connectivity index (χ4v) is 1.50. The summed E-state index contributed by atoms with van der Waals surface area (Å²) in [6, 6.07) is 0. The molecule has 1 unspecified atom stereocenters. The molecule has 1 heterocycles. The highest BCUT2D eigenvalue weighted by atomic mass is 16.6. The quantitative estimate of drug-likeness (QED) is 0.740. The first kappa shape index (κ1) is 14.0. The number of nitrogens with zero attached hydrogens (tertiary/aromatic N) is 1. The number of morpholine rings is 1. The summed E-state index contributed by atoms with van der Waals surface area (Å²) in [4.78, 5) is 13.4. The molecular weight excluding hydrogens is 222 g/mol. The average molecular weight is 243 g/mol. The van der Waals surface area contributed by atoms with E-state index in [2.05, 4.69) is 0 Å². The van der Waals surface area contributed by atoms with Gasteiger partial charge in [-0.05, 0) is 20.8 Å². The lowest BCUT2D eigenvalue weighted by molar-refractivity contribution is -0.0264. The van der Waals surface area contributed by atoms with Crippen LogP contribution in [-0.2, 0) is 9.47 Å². The van der Waals surface area contributed by atoms with Gasteiger partial charge in [0.1, 0.15) is 5.60 Å². The third-order valence-corrected chi connectivity index (χ3v) is 2.20. The van der Waals surface area contributed by atoms with Crippen LogP contribution >= 0.6 is 0 Å². The number of rotatable bonds is 2. The molecule has 1 rings (SSSR count). The number of hydrogen-bond acceptors (Lipinski definition) is 4. The van der Waals surface area contributed by atoms with Crippen LogP contribution in [0, 0.1) is 0 Å². The zero-order valence-electron chi connectivity index (χ0n) is 10.7. The van der Waals surface area contributed by atoms with Gasteiger partial charge in [-0.25, -0.2) is 4.79 Å². The van der Waals surface area contributed by atoms with E-state index in [9.17, 15) is 4.79 Å². The molecule has 0 aromatic carbocycles. The normalized spacial score (nSPS) is 21.9. The first-order valence-electron chi connectivity index (χ1n) is 5.79. The number of carbonyl (C=O) groups is 1. The summed E-state index contributed by atoms with van der Waals surface area (Å²) < 4.78 is 10.7. The van der Waals surface area contributed by atoms with E-state index in [1.54, 1.807) is 17.1 Å². The van der Waals surface area contributed by atoms with Crippen LogP contribution < -0.4 is 0 Å². The second-order valence-electron chi connectivity index (χ2n) is 4.95. The van der Waals surface area contributed by atoms with E-state index < -0.39 is 5.60 Å². The Hall–Kier alpha value is -1.07. The SMILES string of the molecule is CC(C)(C)OC(=O)N1CCOC(/C=C/CO)C1. The Morgan fingerprint density at radius 1 is 1.59 bits per heavy atom. The summed E-state index contributed by atoms with van der Waals surface area (Å²) >= 11 is 0. The van der Waals surface area contributed by atoms with Crippen LogP contribution in [-0.4, -0.2) is 54.1 Å². The minimum absolute atomic E-state index is 0.0215. The summed E-state index contributed by atoms with van der Waals surface area (Å²) in [5.41, 5.74) is -0.480. The van der Waals surface area contributed by atoms with Crippen molar-refractivity contribution in [2.24, 2.45) is 0 Å². The molecule has 1 atom stereocenters. The van der Waals surface area contributed by atoms with E-state index in [4.69, 9.17) is 14.6 Å². The van der Waals surface area contributed by atoms with Gasteiger partial charge >= 0.3 is 6.09 Å². The van der Waals surface area contributed by atoms with Crippen LogP contribution in [0.2, 0.25) is 0 Å². The predicted molar refractivity (Wildman–Crippen MR) is 63.8 cm³/mol. The third-order valence-electron chi connectivity index (χ3n) is 2.20. The Morgan fingerprint density at radius 3 is 2.88 bits per heavy atom. The molecule has 0 aliphatic carbocycles. The van der Waals surface area contributed by atoms with Gasteiger partial charge in [0, 0.05) is 6.54 Å². The number of carbonyl (C=O) groups excluding carboxylic acids is 1. The molecule has 0 aromatic heterocycles. The Labute approximate surface area is 102 Å². The topological polar surface area (TPSA) is 59.0 Å². The summed E-state index contributed by atoms with van der Waals surface area (Å²) in [5.74, 6) is 0. The van der Waals surface area contributed by atoms with E-state index in [1.807, 2.05) is 20.8 Å². The lowest BCUT2D eigenvalue weighted by atomic mass is 10.2. The minimum atomic E-state index is -0.480. The third kappa shape index (κ3) is 5.19. The lowest BCUT2D eigenvalue weighted by Crippen LogP contribution is -2.46. The zero-order chi connectivity index (χ0) is 12.9. The van der Waals surface area contributed by atoms with Crippen LogP contribution in [0.3, 0.4) is 0 Å². The lowest BCUT2D eigenvalue weighted by Gasteiger charge is -2.33. The number of amides is 1. The predicted octanol–water partition coefficient (Wildman–Crippen LogP) is 1.17. The van der Waals surface area contributed by atoms with E-state index in [0.29, 0.717) is 19.7 Å². The molecule has 0 saturated carbocycles. The summed E-state index contributed by atoms with van der Waals surface area (Å²) in [6.07, 6.45) is 2.89. The number of hydrogen-bond donors (Lipinski definition) is 1. The van der Waals surface area contributed by atoms with Gasteiger partial charge in [-0.15, -0.1) is 0 Å². The van der Waals surface area contributed by atoms with Gasteiger partial charge in [-0.1, -0.05) is 12.2 Å². The Kier molecular flexibility index (Phi) is 4.96. The van der Waals surface area contributed by atoms with Crippen molar-refractivity contribution < 1.29 is 19.4 Å². The second-order valence-corrected chi connectivity index (χ2v) is 4.95. The summed E-state index contributed by atoms with van der Waals surface area (Å²) in [6.45, 7) is 6.99. The Morgan fingerprint density at radius 2 is 2.29 bits per heavy atom. The molecule has 98 valence electrons. The molecule has 5 heteroatoms. The van der Waals surface area contributed by atoms with Crippen LogP contribution in [0.4, 0.5) is 4.79 Å². The van der Waals surface area contributed by atoms with Crippen LogP contribution in [0.15, 0.2) is 12.2 Å². The van der Waals surface area contributed by atoms with Crippen molar-refractivity contribution in [3.63, 3.8) is 0 Å². The van der Waals surface area contributed by atoms with Crippen LogP contribution in [0.1, 0.15) is 20.8 Å². The zero-order valence-corrected chi connectivity index (χ0v) is 10.7. The van der Waals surface area contributed by atoms with Crippen molar-refractivity contribution in [2.75, 3.05) is 26.3 Å². The molecule has 1 amide bonds. The highest BCUT2D eigenvalue weighted by Gasteiger charge is 2.26. The molecule has 0 radical (unpaired) electrons. The van der Waals surface area contributed by atoms with Gasteiger partial charge in [0.2, 0.25) is 0 Å². The molecule has 5 nitrogen and oxygen atoms in total. The fraction of sp³-hybridized carbons (Fsp3) is 0.750. The molecule has 0 bridgehead atoms. The first-order chi connectivity index (χ1) is 7.92. The Bertz CT molecular complexity index is 283. The van der Waals surface area contributed by atoms with Gasteiger partial charge in [-0.3, -0.25) is 0 Å². The maximum atomic E-state index is 11.8. The second kappa shape index (κ2) is 6.02. The van der Waals surface area contributed by atoms with Gasteiger partial charge in [0.15, 0.2) is 0 Å². The van der Waals surface area contributed by atoms with E-state index in [-0.39, 0.29) is 18.8 Å². The van der Waals surface area contributed by atoms with Crippen LogP contribution in [0.5, 0.6) is 0 Å². The number of aliphatic hydroxyl groups excluding tert-OH is 1. The van der Waals surface area contributed by atoms with Crippen molar-refractivity contribution in [3.8, 4) is 0 Å². The fourth-order valence-electron chi connectivity index (χ4n) is 1.50. The van der Waals surface area contributed by atoms with E-state index in [0.717, 1.165) is 0 Å². The number of aliphatic hydroxyl groups is 1. The molecule has 1 fully saturated rings. The average Bonchev–Trinajstić information content (AvgIpc) is 2.24. The van der Waals surface area contributed by atoms with Gasteiger partial charge < -0.3 is 19.5 Å². The van der Waals surface area contributed by atoms with Gasteiger partial charge in [0.05, 0.1) is 25.9 Å². The van der Waals surface area contributed by atoms with Crippen molar-refractivity contribution in [1.82, 2.24) is 4.90 Å². The molecule has 0 aromatic rings. The van der Waals surface area contributed by atoms with Gasteiger partial charge in [-0.2, -0.15) is 0 Å². The molecule has 1 aliphatic rings. The van der Waals surface area contributed by atoms with E-state index >= 15 is 0 Å². The highest BCUT2D eigenvalue weighted by Crippen LogP contribution is 2.13. The van der Waals surface area contributed by atoms with Crippen molar-refractivity contribution >= 4 is 6.09 Å². The smallest absolute Gasteiger partial charge is 0.410 e. The molecular formula is C12H21NO4. The maximum Gasteiger partial charge on any atom is 0.410 e. The van der Waals surface area contributed by atoms with Crippen molar-refractivity contribution in [3.05, 3.63) is 12.2 Å². The Balaban J connectivity index is 2.49. The molecule has 1 N–H and O–H groups in total. The van der Waals surface area contributed by atoms with Gasteiger partial charge in [0.25, 0.3) is 0 Å². The molecule has 17 heavy (non-hydrogen) atoms. The maximum absolute atomic E-state index is 11.8. The largest absolute Gasteiger partial charge is 0.444 e. The molecule has 1 aliphatic heterocycles. The monoisotopic (exact) mass is 243 g/mol. The highest BCUT2D eigenvalue weighted by molar-refractivity contribution is 5.68. The summed E-state index contributed by atoms with van der Waals surface area (Å²) in [5, 5.41) is 8.68. The minimum Gasteiger partial charge on any atom is -0.444 e. The number of ether oxygens (including phenoxy) is 2. The standard InChI is InChI=1S/C12H21NO4/c1-12(2,3)17-11(15)13-6-8-16-10(9-13)5-4-7-14/h4-5,10,14H,6-9H2,1-3H3/b5-4+. The van der Waals surface area contributed by atoms with Crippen LogP contribution in [0.25, 0.3) is 0 Å². The van der Waals surface area contributed by atoms with Crippen molar-refractivity contribution in [1.29, 1.82) is 0 Å². The van der Waals surface area contributed by atoms with E-state index in [1.165, 1.54) is 0 Å². The summed E-state index contributed by atoms with van der Waals surface area (Å²) in [7, 11) is 0. The van der Waals surface area contributed by atoms with Crippen molar-refractivity contribution in [2.45, 2.75) is 32.5 Å². The first-order valence-corrected chi connectivity index (χ1v) is 5.79.